The molecule has 0 saturated carbocycles. The number of halogens is 2. The minimum absolute atomic E-state index is 0.302. The van der Waals surface area contributed by atoms with Crippen molar-refractivity contribution in [2.24, 2.45) is 7.05 Å². The lowest BCUT2D eigenvalue weighted by Gasteiger charge is -2.20. The Bertz CT molecular complexity index is 1000. The molecular weight excluding hydrogens is 413 g/mol. The van der Waals surface area contributed by atoms with Gasteiger partial charge in [0.25, 0.3) is 5.91 Å². The molecule has 3 rings (SSSR count). The average molecular weight is 434 g/mol. The molecule has 0 fully saturated rings. The van der Waals surface area contributed by atoms with Gasteiger partial charge < -0.3 is 19.4 Å². The molecule has 1 heterocycles. The van der Waals surface area contributed by atoms with Crippen LogP contribution in [0.3, 0.4) is 0 Å². The van der Waals surface area contributed by atoms with Crippen molar-refractivity contribution >= 4 is 29.1 Å². The molecule has 0 saturated heterocycles. The fraction of sp³-hybridized carbons (Fsp3) is 0.238. The van der Waals surface area contributed by atoms with Gasteiger partial charge in [0.1, 0.15) is 11.9 Å². The van der Waals surface area contributed by atoms with Crippen LogP contribution in [0.5, 0.6) is 11.5 Å². The van der Waals surface area contributed by atoms with Gasteiger partial charge in [0.15, 0.2) is 11.5 Å². The zero-order valence-electron chi connectivity index (χ0n) is 16.3. The van der Waals surface area contributed by atoms with Gasteiger partial charge in [0, 0.05) is 30.0 Å². The third kappa shape index (κ3) is 4.66. The molecule has 0 aliphatic carbocycles. The number of imidazole rings is 1. The minimum atomic E-state index is -0.476. The van der Waals surface area contributed by atoms with Crippen LogP contribution in [0.4, 0.5) is 0 Å². The Morgan fingerprint density at radius 1 is 1.24 bits per heavy atom. The lowest BCUT2D eigenvalue weighted by Crippen LogP contribution is -2.31. The van der Waals surface area contributed by atoms with Crippen molar-refractivity contribution in [3.8, 4) is 11.5 Å². The number of carbonyl (C=O) groups excluding carboxylic acids is 1. The number of hydrogen-bond donors (Lipinski definition) is 1. The maximum atomic E-state index is 13.1. The van der Waals surface area contributed by atoms with E-state index in [2.05, 4.69) is 10.3 Å². The third-order valence-corrected chi connectivity index (χ3v) is 4.91. The summed E-state index contributed by atoms with van der Waals surface area (Å²) in [6.07, 6.45) is 3.50. The quantitative estimate of drug-likeness (QED) is 0.588. The SMILES string of the molecule is CCOc1c(Cl)cc(C(=O)N[C@@H](c2ccc(Cl)cc2)c2nccn2C)cc1OC. The number of nitrogens with zero attached hydrogens (tertiary/aromatic N) is 2. The number of methoxy groups -OCH3 is 1. The first-order valence-electron chi connectivity index (χ1n) is 8.98. The molecule has 1 aromatic heterocycles. The number of hydrogen-bond acceptors (Lipinski definition) is 4. The summed E-state index contributed by atoms with van der Waals surface area (Å²) in [5, 5.41) is 3.94. The van der Waals surface area contributed by atoms with Crippen LogP contribution in [-0.4, -0.2) is 29.2 Å². The predicted octanol–water partition coefficient (Wildman–Crippen LogP) is 4.65. The van der Waals surface area contributed by atoms with Gasteiger partial charge in [-0.2, -0.15) is 0 Å². The largest absolute Gasteiger partial charge is 0.493 e. The molecule has 152 valence electrons. The number of carbonyl (C=O) groups is 1. The molecule has 8 heteroatoms. The van der Waals surface area contributed by atoms with Crippen LogP contribution in [-0.2, 0) is 7.05 Å². The van der Waals surface area contributed by atoms with E-state index >= 15 is 0 Å². The Morgan fingerprint density at radius 3 is 2.55 bits per heavy atom. The van der Waals surface area contributed by atoms with E-state index < -0.39 is 6.04 Å². The molecule has 0 bridgehead atoms. The fourth-order valence-electron chi connectivity index (χ4n) is 2.96. The summed E-state index contributed by atoms with van der Waals surface area (Å²) in [5.41, 5.74) is 1.20. The second kappa shape index (κ2) is 9.20. The van der Waals surface area contributed by atoms with Gasteiger partial charge in [0.2, 0.25) is 0 Å². The predicted molar refractivity (Wildman–Crippen MR) is 113 cm³/mol. The summed E-state index contributed by atoms with van der Waals surface area (Å²) < 4.78 is 12.7. The first-order chi connectivity index (χ1) is 13.9. The average Bonchev–Trinajstić information content (AvgIpc) is 3.13. The normalized spacial score (nSPS) is 11.8. The van der Waals surface area contributed by atoms with Gasteiger partial charge in [-0.15, -0.1) is 0 Å². The second-order valence-electron chi connectivity index (χ2n) is 6.28. The molecule has 0 unspecified atom stereocenters. The molecule has 1 atom stereocenters. The summed E-state index contributed by atoms with van der Waals surface area (Å²) in [6, 6.07) is 9.94. The monoisotopic (exact) mass is 433 g/mol. The first kappa shape index (κ1) is 21.0. The van der Waals surface area contributed by atoms with Crippen LogP contribution in [0.25, 0.3) is 0 Å². The summed E-state index contributed by atoms with van der Waals surface area (Å²) >= 11 is 12.3. The standard InChI is InChI=1S/C21H21Cl2N3O3/c1-4-29-19-16(23)11-14(12-17(19)28-3)21(27)25-18(20-24-9-10-26(20)2)13-5-7-15(22)8-6-13/h5-12,18H,4H2,1-3H3,(H,25,27)/t18-/m0/s1. The molecule has 0 aliphatic rings. The summed E-state index contributed by atoms with van der Waals surface area (Å²) in [7, 11) is 3.37. The van der Waals surface area contributed by atoms with Crippen molar-refractivity contribution in [1.29, 1.82) is 0 Å². The Morgan fingerprint density at radius 2 is 1.97 bits per heavy atom. The number of aromatic nitrogens is 2. The Kier molecular flexibility index (Phi) is 6.67. The van der Waals surface area contributed by atoms with Crippen molar-refractivity contribution < 1.29 is 14.3 Å². The first-order valence-corrected chi connectivity index (χ1v) is 9.74. The van der Waals surface area contributed by atoms with E-state index in [4.69, 9.17) is 32.7 Å². The lowest BCUT2D eigenvalue weighted by atomic mass is 10.1. The number of ether oxygens (including phenoxy) is 2. The molecule has 0 aliphatic heterocycles. The van der Waals surface area contributed by atoms with E-state index in [0.29, 0.717) is 39.5 Å². The second-order valence-corrected chi connectivity index (χ2v) is 7.12. The fourth-order valence-corrected chi connectivity index (χ4v) is 3.35. The van der Waals surface area contributed by atoms with E-state index in [1.807, 2.05) is 36.9 Å². The smallest absolute Gasteiger partial charge is 0.252 e. The summed E-state index contributed by atoms with van der Waals surface area (Å²) in [4.78, 5) is 17.5. The molecule has 1 N–H and O–H groups in total. The van der Waals surface area contributed by atoms with Gasteiger partial charge in [-0.25, -0.2) is 4.98 Å². The third-order valence-electron chi connectivity index (χ3n) is 4.38. The lowest BCUT2D eigenvalue weighted by molar-refractivity contribution is 0.0940. The number of benzene rings is 2. The number of amides is 1. The molecule has 0 radical (unpaired) electrons. The van der Waals surface area contributed by atoms with Crippen molar-refractivity contribution in [1.82, 2.24) is 14.9 Å². The highest BCUT2D eigenvalue weighted by atomic mass is 35.5. The van der Waals surface area contributed by atoms with Crippen LogP contribution in [0.15, 0.2) is 48.8 Å². The molecule has 6 nitrogen and oxygen atoms in total. The summed E-state index contributed by atoms with van der Waals surface area (Å²) in [6.45, 7) is 2.28. The van der Waals surface area contributed by atoms with Gasteiger partial charge in [-0.3, -0.25) is 4.79 Å². The van der Waals surface area contributed by atoms with Crippen molar-refractivity contribution in [3.63, 3.8) is 0 Å². The van der Waals surface area contributed by atoms with Gasteiger partial charge in [-0.1, -0.05) is 35.3 Å². The molecule has 1 amide bonds. The van der Waals surface area contributed by atoms with Crippen LogP contribution in [0, 0.1) is 0 Å². The topological polar surface area (TPSA) is 65.4 Å². The van der Waals surface area contributed by atoms with Crippen LogP contribution >= 0.6 is 23.2 Å². The molecule has 29 heavy (non-hydrogen) atoms. The van der Waals surface area contributed by atoms with Crippen LogP contribution < -0.4 is 14.8 Å². The van der Waals surface area contributed by atoms with E-state index in [1.165, 1.54) is 7.11 Å². The van der Waals surface area contributed by atoms with E-state index in [-0.39, 0.29) is 5.91 Å². The molecule has 0 spiro atoms. The summed E-state index contributed by atoms with van der Waals surface area (Å²) in [5.74, 6) is 1.16. The molecule has 2 aromatic carbocycles. The highest BCUT2D eigenvalue weighted by Crippen LogP contribution is 2.36. The molecular formula is C21H21Cl2N3O3. The maximum Gasteiger partial charge on any atom is 0.252 e. The van der Waals surface area contributed by atoms with Gasteiger partial charge in [0.05, 0.1) is 18.7 Å². The maximum absolute atomic E-state index is 13.1. The number of aryl methyl sites for hydroxylation is 1. The van der Waals surface area contributed by atoms with Crippen molar-refractivity contribution in [2.45, 2.75) is 13.0 Å². The van der Waals surface area contributed by atoms with Crippen LogP contribution in [0.2, 0.25) is 10.0 Å². The van der Waals surface area contributed by atoms with Gasteiger partial charge >= 0.3 is 0 Å². The van der Waals surface area contributed by atoms with E-state index in [9.17, 15) is 4.79 Å². The Labute approximate surface area is 179 Å². The van der Waals surface area contributed by atoms with E-state index in [0.717, 1.165) is 5.56 Å². The molecule has 3 aromatic rings. The van der Waals surface area contributed by atoms with Crippen molar-refractivity contribution in [2.75, 3.05) is 13.7 Å². The highest BCUT2D eigenvalue weighted by Gasteiger charge is 2.23. The number of rotatable bonds is 7. The van der Waals surface area contributed by atoms with E-state index in [1.54, 1.807) is 30.5 Å². The zero-order valence-corrected chi connectivity index (χ0v) is 17.8. The van der Waals surface area contributed by atoms with Gasteiger partial charge in [-0.05, 0) is 36.8 Å². The van der Waals surface area contributed by atoms with Crippen molar-refractivity contribution in [3.05, 3.63) is 75.8 Å². The van der Waals surface area contributed by atoms with Crippen LogP contribution in [0.1, 0.15) is 34.7 Å². The minimum Gasteiger partial charge on any atom is -0.493 e. The Balaban J connectivity index is 1.96. The Hall–Kier alpha value is -2.70. The number of nitrogens with one attached hydrogen (secondary N) is 1. The zero-order chi connectivity index (χ0) is 21.0. The highest BCUT2D eigenvalue weighted by molar-refractivity contribution is 6.32.